The van der Waals surface area contributed by atoms with Crippen molar-refractivity contribution in [2.75, 3.05) is 47.1 Å². The third-order valence-electron chi connectivity index (χ3n) is 10.1. The minimum absolute atomic E-state index is 0.000153. The molecule has 0 saturated heterocycles. The van der Waals surface area contributed by atoms with Crippen molar-refractivity contribution in [3.8, 4) is 0 Å². The van der Waals surface area contributed by atoms with Crippen LogP contribution < -0.4 is 0 Å². The van der Waals surface area contributed by atoms with Gasteiger partial charge in [-0.1, -0.05) is 117 Å². The zero-order valence-corrected chi connectivity index (χ0v) is 39.1. The Morgan fingerprint density at radius 2 is 0.726 bits per heavy atom. The third kappa shape index (κ3) is 38.0. The van der Waals surface area contributed by atoms with Crippen LogP contribution in [0.3, 0.4) is 0 Å². The van der Waals surface area contributed by atoms with Crippen LogP contribution in [0, 0.1) is 0 Å². The standard InChI is InChI=1S/C47H83NO14/c1-6-9-12-15-18-21-25-42(50)57-35-40(34-56-38-49)61-46(54)31-29-39(60-45(53)28-24-33-48(4)5)30-32-47(55)62-41(36-58-43(51)26-22-19-16-13-10-7-2)37-59-44(52)27-23-20-17-14-11-8-3/h38-41H,6-37H2,1-5H3. The van der Waals surface area contributed by atoms with E-state index in [2.05, 4.69) is 20.8 Å². The summed E-state index contributed by atoms with van der Waals surface area (Å²) in [6, 6.07) is 0. The average Bonchev–Trinajstić information content (AvgIpc) is 3.24. The van der Waals surface area contributed by atoms with Gasteiger partial charge in [-0.2, -0.15) is 0 Å². The summed E-state index contributed by atoms with van der Waals surface area (Å²) in [7, 11) is 3.77. The summed E-state index contributed by atoms with van der Waals surface area (Å²) in [6.07, 6.45) is 16.0. The molecule has 15 heteroatoms. The largest absolute Gasteiger partial charge is 0.464 e. The van der Waals surface area contributed by atoms with Crippen LogP contribution in [0.5, 0.6) is 0 Å². The van der Waals surface area contributed by atoms with Crippen LogP contribution in [-0.4, -0.2) is 113 Å². The molecule has 360 valence electrons. The van der Waals surface area contributed by atoms with Crippen LogP contribution >= 0.6 is 0 Å². The van der Waals surface area contributed by atoms with Gasteiger partial charge in [0, 0.05) is 38.5 Å². The van der Waals surface area contributed by atoms with Gasteiger partial charge in [0.25, 0.3) is 6.47 Å². The van der Waals surface area contributed by atoms with Gasteiger partial charge in [0.2, 0.25) is 0 Å². The molecule has 0 aliphatic carbocycles. The summed E-state index contributed by atoms with van der Waals surface area (Å²) in [6.45, 7) is 6.08. The fourth-order valence-corrected chi connectivity index (χ4v) is 6.40. The lowest BCUT2D eigenvalue weighted by molar-refractivity contribution is -0.168. The maximum atomic E-state index is 13.2. The van der Waals surface area contributed by atoms with Crippen molar-refractivity contribution in [1.82, 2.24) is 4.90 Å². The predicted octanol–water partition coefficient (Wildman–Crippen LogP) is 8.68. The van der Waals surface area contributed by atoms with Crippen LogP contribution in [0.15, 0.2) is 0 Å². The van der Waals surface area contributed by atoms with Crippen molar-refractivity contribution in [3.63, 3.8) is 0 Å². The van der Waals surface area contributed by atoms with E-state index in [1.807, 2.05) is 19.0 Å². The molecule has 62 heavy (non-hydrogen) atoms. The second-order valence-electron chi connectivity index (χ2n) is 16.4. The summed E-state index contributed by atoms with van der Waals surface area (Å²) in [4.78, 5) is 89.1. The van der Waals surface area contributed by atoms with Gasteiger partial charge in [-0.05, 0) is 59.2 Å². The minimum atomic E-state index is -1.04. The first-order chi connectivity index (χ1) is 29.9. The van der Waals surface area contributed by atoms with Crippen molar-refractivity contribution in [1.29, 1.82) is 0 Å². The number of ether oxygens (including phenoxy) is 7. The van der Waals surface area contributed by atoms with E-state index in [0.717, 1.165) is 96.3 Å². The number of carbonyl (C=O) groups excluding carboxylic acids is 7. The highest BCUT2D eigenvalue weighted by molar-refractivity contribution is 5.72. The molecule has 0 aromatic rings. The summed E-state index contributed by atoms with van der Waals surface area (Å²) >= 11 is 0. The Hall–Kier alpha value is -3.75. The molecule has 15 nitrogen and oxygen atoms in total. The van der Waals surface area contributed by atoms with Crippen LogP contribution in [0.4, 0.5) is 0 Å². The first-order valence-electron chi connectivity index (χ1n) is 23.7. The molecule has 0 saturated carbocycles. The Bertz CT molecular complexity index is 1160. The second-order valence-corrected chi connectivity index (χ2v) is 16.4. The van der Waals surface area contributed by atoms with Crippen LogP contribution in [0.25, 0.3) is 0 Å². The van der Waals surface area contributed by atoms with Gasteiger partial charge in [0.05, 0.1) is 0 Å². The second kappa shape index (κ2) is 41.3. The number of hydrogen-bond acceptors (Lipinski definition) is 15. The molecule has 0 rings (SSSR count). The topological polar surface area (TPSA) is 187 Å². The molecule has 2 unspecified atom stereocenters. The number of rotatable bonds is 43. The number of hydrogen-bond donors (Lipinski definition) is 0. The molecule has 2 atom stereocenters. The minimum Gasteiger partial charge on any atom is -0.464 e. The van der Waals surface area contributed by atoms with Gasteiger partial charge in [-0.25, -0.2) is 0 Å². The van der Waals surface area contributed by atoms with Crippen LogP contribution in [0.1, 0.15) is 194 Å². The van der Waals surface area contributed by atoms with E-state index in [9.17, 15) is 33.6 Å². The smallest absolute Gasteiger partial charge is 0.306 e. The first kappa shape index (κ1) is 58.2. The van der Waals surface area contributed by atoms with Crippen molar-refractivity contribution < 1.29 is 66.7 Å². The lowest BCUT2D eigenvalue weighted by Crippen LogP contribution is -2.31. The maximum absolute atomic E-state index is 13.2. The zero-order chi connectivity index (χ0) is 46.1. The molecule has 0 radical (unpaired) electrons. The van der Waals surface area contributed by atoms with Crippen molar-refractivity contribution in [3.05, 3.63) is 0 Å². The Kier molecular flexibility index (Phi) is 38.8. The van der Waals surface area contributed by atoms with Gasteiger partial charge in [-0.3, -0.25) is 33.6 Å². The molecule has 0 heterocycles. The molecule has 0 aromatic carbocycles. The van der Waals surface area contributed by atoms with Gasteiger partial charge in [-0.15, -0.1) is 0 Å². The normalized spacial score (nSPS) is 12.0. The van der Waals surface area contributed by atoms with E-state index in [0.29, 0.717) is 32.2 Å². The third-order valence-corrected chi connectivity index (χ3v) is 10.1. The van der Waals surface area contributed by atoms with E-state index >= 15 is 0 Å². The Balaban J connectivity index is 5.45. The average molecular weight is 886 g/mol. The van der Waals surface area contributed by atoms with Gasteiger partial charge < -0.3 is 38.1 Å². The molecule has 0 fully saturated rings. The van der Waals surface area contributed by atoms with E-state index in [1.54, 1.807) is 0 Å². The summed E-state index contributed by atoms with van der Waals surface area (Å²) in [5.74, 6) is -3.21. The van der Waals surface area contributed by atoms with E-state index in [1.165, 1.54) is 0 Å². The molecule has 0 amide bonds. The molecule has 0 aromatic heterocycles. The molecule has 0 bridgehead atoms. The number of esters is 6. The summed E-state index contributed by atoms with van der Waals surface area (Å²) in [5, 5.41) is 0. The monoisotopic (exact) mass is 886 g/mol. The van der Waals surface area contributed by atoms with Gasteiger partial charge in [0.15, 0.2) is 12.2 Å². The Morgan fingerprint density at radius 1 is 0.403 bits per heavy atom. The van der Waals surface area contributed by atoms with Gasteiger partial charge >= 0.3 is 35.8 Å². The van der Waals surface area contributed by atoms with E-state index in [-0.39, 0.29) is 84.3 Å². The number of carbonyl (C=O) groups is 7. The SMILES string of the molecule is CCCCCCCCC(=O)OCC(COC=O)OC(=O)CCC(CCC(=O)OC(COC(=O)CCCCCCCC)COC(=O)CCCCCCCC)OC(=O)CCCN(C)C. The Morgan fingerprint density at radius 3 is 1.10 bits per heavy atom. The van der Waals surface area contributed by atoms with Crippen LogP contribution in [0.2, 0.25) is 0 Å². The molecule has 0 spiro atoms. The van der Waals surface area contributed by atoms with Crippen LogP contribution in [-0.2, 0) is 66.7 Å². The van der Waals surface area contributed by atoms with Crippen molar-refractivity contribution in [2.45, 2.75) is 212 Å². The highest BCUT2D eigenvalue weighted by Gasteiger charge is 2.24. The molecular formula is C47H83NO14. The van der Waals surface area contributed by atoms with Crippen molar-refractivity contribution in [2.24, 2.45) is 0 Å². The van der Waals surface area contributed by atoms with Gasteiger partial charge in [0.1, 0.15) is 32.5 Å². The lowest BCUT2D eigenvalue weighted by atomic mass is 10.1. The first-order valence-corrected chi connectivity index (χ1v) is 23.7. The van der Waals surface area contributed by atoms with Crippen molar-refractivity contribution >= 4 is 42.3 Å². The number of nitrogens with zero attached hydrogens (tertiary/aromatic N) is 1. The molecular weight excluding hydrogens is 803 g/mol. The maximum Gasteiger partial charge on any atom is 0.306 e. The molecule has 0 N–H and O–H groups in total. The Labute approximate surface area is 372 Å². The predicted molar refractivity (Wildman–Crippen MR) is 235 cm³/mol. The summed E-state index contributed by atoms with van der Waals surface area (Å²) < 4.78 is 37.7. The molecule has 0 aliphatic heterocycles. The highest BCUT2D eigenvalue weighted by Crippen LogP contribution is 2.16. The zero-order valence-electron chi connectivity index (χ0n) is 39.1. The number of unbranched alkanes of at least 4 members (excludes halogenated alkanes) is 15. The summed E-state index contributed by atoms with van der Waals surface area (Å²) in [5.41, 5.74) is 0. The van der Waals surface area contributed by atoms with E-state index < -0.39 is 54.1 Å². The quantitative estimate of drug-likeness (QED) is 0.0245. The fourth-order valence-electron chi connectivity index (χ4n) is 6.40. The molecule has 0 aliphatic rings. The van der Waals surface area contributed by atoms with E-state index in [4.69, 9.17) is 33.2 Å². The lowest BCUT2D eigenvalue weighted by Gasteiger charge is -2.21. The highest BCUT2D eigenvalue weighted by atomic mass is 16.6. The fraction of sp³-hybridized carbons (Fsp3) is 0.851.